The molecule has 0 aliphatic carbocycles. The van der Waals surface area contributed by atoms with E-state index in [-0.39, 0.29) is 18.9 Å². The lowest BCUT2D eigenvalue weighted by molar-refractivity contribution is -0.139. The lowest BCUT2D eigenvalue weighted by Crippen LogP contribution is -2.37. The molecule has 1 aliphatic rings. The van der Waals surface area contributed by atoms with Crippen LogP contribution in [-0.2, 0) is 9.59 Å². The van der Waals surface area contributed by atoms with Crippen LogP contribution in [0.25, 0.3) is 0 Å². The standard InChI is InChI=1S/C33H39N3O6/c1-41-24-15-16-25(29(21-24)42-2)26(17-20-37)32(33(39)40)35-31(23-11-5-3-6-12-23)27-13-7-8-14-28(27)34-30(38)22-36-18-9-4-10-19-36/h3,5-8,11-16,21,26,32,37H,4,9-10,17-20,22H2,1-2H3,(H,34,38)(H,39,40)/t26-,32+/m0/s1. The number of aliphatic carboxylic acids is 1. The van der Waals surface area contributed by atoms with E-state index in [2.05, 4.69) is 10.2 Å². The van der Waals surface area contributed by atoms with Gasteiger partial charge in [-0.05, 0) is 44.5 Å². The zero-order chi connectivity index (χ0) is 29.9. The molecule has 42 heavy (non-hydrogen) atoms. The van der Waals surface area contributed by atoms with Crippen LogP contribution >= 0.6 is 0 Å². The molecular formula is C33H39N3O6. The Hall–Kier alpha value is -4.21. The van der Waals surface area contributed by atoms with E-state index in [0.717, 1.165) is 25.9 Å². The molecule has 2 atom stereocenters. The lowest BCUT2D eigenvalue weighted by Gasteiger charge is -2.26. The fourth-order valence-corrected chi connectivity index (χ4v) is 5.41. The van der Waals surface area contributed by atoms with Gasteiger partial charge in [-0.25, -0.2) is 4.79 Å². The van der Waals surface area contributed by atoms with Gasteiger partial charge in [0.2, 0.25) is 5.91 Å². The van der Waals surface area contributed by atoms with Crippen molar-refractivity contribution in [3.8, 4) is 11.5 Å². The molecule has 222 valence electrons. The fourth-order valence-electron chi connectivity index (χ4n) is 5.41. The van der Waals surface area contributed by atoms with E-state index in [1.54, 1.807) is 31.4 Å². The van der Waals surface area contributed by atoms with E-state index in [1.165, 1.54) is 13.5 Å². The largest absolute Gasteiger partial charge is 0.497 e. The summed E-state index contributed by atoms with van der Waals surface area (Å²) >= 11 is 0. The highest BCUT2D eigenvalue weighted by atomic mass is 16.5. The van der Waals surface area contributed by atoms with E-state index >= 15 is 0 Å². The maximum atomic E-state index is 13.1. The van der Waals surface area contributed by atoms with Crippen LogP contribution in [0, 0.1) is 0 Å². The maximum Gasteiger partial charge on any atom is 0.329 e. The summed E-state index contributed by atoms with van der Waals surface area (Å²) in [5, 5.41) is 23.5. The van der Waals surface area contributed by atoms with Crippen LogP contribution in [0.5, 0.6) is 11.5 Å². The van der Waals surface area contributed by atoms with Crippen molar-refractivity contribution in [2.24, 2.45) is 4.99 Å². The highest BCUT2D eigenvalue weighted by Gasteiger charge is 2.32. The van der Waals surface area contributed by atoms with Gasteiger partial charge in [-0.3, -0.25) is 14.7 Å². The molecule has 1 fully saturated rings. The number of hydrogen-bond acceptors (Lipinski definition) is 7. The first kappa shape index (κ1) is 30.7. The number of likely N-dealkylation sites (tertiary alicyclic amines) is 1. The van der Waals surface area contributed by atoms with Crippen LogP contribution < -0.4 is 14.8 Å². The zero-order valence-electron chi connectivity index (χ0n) is 24.2. The normalized spacial score (nSPS) is 15.5. The number of carboxylic acids is 1. The molecule has 4 rings (SSSR count). The Kier molecular flexibility index (Phi) is 11.1. The number of piperidine rings is 1. The number of nitrogens with one attached hydrogen (secondary N) is 1. The molecule has 1 saturated heterocycles. The Labute approximate surface area is 246 Å². The summed E-state index contributed by atoms with van der Waals surface area (Å²) in [6.45, 7) is 1.84. The SMILES string of the molecule is COc1ccc([C@H](CCO)[C@@H](N=C(c2ccccc2)c2ccccc2NC(=O)CN2CCCCC2)C(=O)O)c(OC)c1. The van der Waals surface area contributed by atoms with E-state index in [9.17, 15) is 19.8 Å². The molecule has 9 heteroatoms. The van der Waals surface area contributed by atoms with Crippen LogP contribution in [0.2, 0.25) is 0 Å². The topological polar surface area (TPSA) is 121 Å². The monoisotopic (exact) mass is 573 g/mol. The molecule has 3 N–H and O–H groups in total. The zero-order valence-corrected chi connectivity index (χ0v) is 24.2. The summed E-state index contributed by atoms with van der Waals surface area (Å²) < 4.78 is 10.9. The highest BCUT2D eigenvalue weighted by Crippen LogP contribution is 2.36. The fraction of sp³-hybridized carbons (Fsp3) is 0.364. The smallest absolute Gasteiger partial charge is 0.329 e. The molecular weight excluding hydrogens is 534 g/mol. The number of amides is 1. The molecule has 9 nitrogen and oxygen atoms in total. The van der Waals surface area contributed by atoms with Gasteiger partial charge in [-0.1, -0.05) is 61.0 Å². The molecule has 1 amide bonds. The molecule has 3 aromatic carbocycles. The number of anilines is 1. The first-order valence-corrected chi connectivity index (χ1v) is 14.3. The van der Waals surface area contributed by atoms with Crippen molar-refractivity contribution in [2.45, 2.75) is 37.6 Å². The van der Waals surface area contributed by atoms with E-state index in [0.29, 0.717) is 46.1 Å². The number of hydrogen-bond donors (Lipinski definition) is 3. The quantitative estimate of drug-likeness (QED) is 0.256. The van der Waals surface area contributed by atoms with Gasteiger partial charge in [0, 0.05) is 35.3 Å². The predicted molar refractivity (Wildman–Crippen MR) is 163 cm³/mol. The van der Waals surface area contributed by atoms with Crippen LogP contribution in [-0.4, -0.2) is 79.2 Å². The van der Waals surface area contributed by atoms with Crippen molar-refractivity contribution in [1.29, 1.82) is 0 Å². The van der Waals surface area contributed by atoms with Gasteiger partial charge in [0.1, 0.15) is 11.5 Å². The van der Waals surface area contributed by atoms with Crippen LogP contribution in [0.1, 0.15) is 48.3 Å². The molecule has 0 aromatic heterocycles. The number of aliphatic imine (C=N–C) groups is 1. The summed E-state index contributed by atoms with van der Waals surface area (Å²) in [4.78, 5) is 33.0. The Bertz CT molecular complexity index is 1370. The maximum absolute atomic E-state index is 13.1. The summed E-state index contributed by atoms with van der Waals surface area (Å²) in [5.74, 6) is -0.985. The summed E-state index contributed by atoms with van der Waals surface area (Å²) in [6.07, 6.45) is 3.49. The minimum Gasteiger partial charge on any atom is -0.497 e. The average Bonchev–Trinajstić information content (AvgIpc) is 3.01. The van der Waals surface area contributed by atoms with Crippen molar-refractivity contribution in [1.82, 2.24) is 4.90 Å². The third-order valence-electron chi connectivity index (χ3n) is 7.50. The third kappa shape index (κ3) is 7.74. The Morgan fingerprint density at radius 2 is 1.67 bits per heavy atom. The van der Waals surface area contributed by atoms with Crippen molar-refractivity contribution in [3.63, 3.8) is 0 Å². The molecule has 0 unspecified atom stereocenters. The number of aliphatic hydroxyl groups is 1. The number of benzene rings is 3. The number of aliphatic hydroxyl groups excluding tert-OH is 1. The van der Waals surface area contributed by atoms with Crippen LogP contribution in [0.15, 0.2) is 77.8 Å². The molecule has 3 aromatic rings. The van der Waals surface area contributed by atoms with Crippen LogP contribution in [0.3, 0.4) is 0 Å². The molecule has 0 bridgehead atoms. The minimum atomic E-state index is -1.27. The number of carboxylic acid groups (broad SMARTS) is 1. The third-order valence-corrected chi connectivity index (χ3v) is 7.50. The summed E-state index contributed by atoms with van der Waals surface area (Å²) in [5.41, 5.74) is 2.87. The second-order valence-electron chi connectivity index (χ2n) is 10.3. The molecule has 0 spiro atoms. The summed E-state index contributed by atoms with van der Waals surface area (Å²) in [6, 6.07) is 20.5. The Balaban J connectivity index is 1.78. The molecule has 1 aliphatic heterocycles. The number of nitrogens with zero attached hydrogens (tertiary/aromatic N) is 2. The van der Waals surface area contributed by atoms with Gasteiger partial charge in [0.05, 0.1) is 32.2 Å². The summed E-state index contributed by atoms with van der Waals surface area (Å²) in [7, 11) is 3.05. The van der Waals surface area contributed by atoms with Gasteiger partial charge < -0.3 is 25.0 Å². The number of ether oxygens (including phenoxy) is 2. The molecule has 0 saturated carbocycles. The van der Waals surface area contributed by atoms with Gasteiger partial charge in [-0.15, -0.1) is 0 Å². The first-order chi connectivity index (χ1) is 20.4. The number of para-hydroxylation sites is 1. The number of carbonyl (C=O) groups excluding carboxylic acids is 1. The first-order valence-electron chi connectivity index (χ1n) is 14.3. The van der Waals surface area contributed by atoms with Gasteiger partial charge in [0.15, 0.2) is 6.04 Å². The van der Waals surface area contributed by atoms with E-state index < -0.39 is 17.9 Å². The number of rotatable bonds is 13. The molecule has 0 radical (unpaired) electrons. The molecule has 1 heterocycles. The van der Waals surface area contributed by atoms with Gasteiger partial charge in [0.25, 0.3) is 0 Å². The van der Waals surface area contributed by atoms with E-state index in [4.69, 9.17) is 14.5 Å². The minimum absolute atomic E-state index is 0.132. The Morgan fingerprint density at radius 1 is 0.952 bits per heavy atom. The van der Waals surface area contributed by atoms with Gasteiger partial charge >= 0.3 is 5.97 Å². The van der Waals surface area contributed by atoms with E-state index in [1.807, 2.05) is 48.5 Å². The second-order valence-corrected chi connectivity index (χ2v) is 10.3. The van der Waals surface area contributed by atoms with Crippen LogP contribution in [0.4, 0.5) is 5.69 Å². The number of methoxy groups -OCH3 is 2. The number of carbonyl (C=O) groups is 2. The van der Waals surface area contributed by atoms with Crippen molar-refractivity contribution < 1.29 is 29.3 Å². The second kappa shape index (κ2) is 15.1. The highest BCUT2D eigenvalue weighted by molar-refractivity contribution is 6.17. The van der Waals surface area contributed by atoms with Crippen molar-refractivity contribution in [3.05, 3.63) is 89.5 Å². The Morgan fingerprint density at radius 3 is 2.33 bits per heavy atom. The predicted octanol–water partition coefficient (Wildman–Crippen LogP) is 4.59. The van der Waals surface area contributed by atoms with Crippen molar-refractivity contribution in [2.75, 3.05) is 45.8 Å². The van der Waals surface area contributed by atoms with Gasteiger partial charge in [-0.2, -0.15) is 0 Å². The average molecular weight is 574 g/mol. The van der Waals surface area contributed by atoms with Crippen molar-refractivity contribution >= 4 is 23.3 Å². The lowest BCUT2D eigenvalue weighted by atomic mass is 9.87.